The SMILES string of the molecule is CCCN1CCCC2(C1)C(=O)Nc1cccc(C)c12.Cl. The minimum Gasteiger partial charge on any atom is -0.325 e. The molecule has 0 aliphatic carbocycles. The van der Waals surface area contributed by atoms with E-state index in [9.17, 15) is 4.79 Å². The average molecular weight is 295 g/mol. The van der Waals surface area contributed by atoms with E-state index in [4.69, 9.17) is 0 Å². The highest BCUT2D eigenvalue weighted by Gasteiger charge is 2.49. The van der Waals surface area contributed by atoms with Gasteiger partial charge in [-0.2, -0.15) is 0 Å². The van der Waals surface area contributed by atoms with Crippen molar-refractivity contribution in [2.24, 2.45) is 0 Å². The fourth-order valence-electron chi connectivity index (χ4n) is 3.80. The van der Waals surface area contributed by atoms with Crippen molar-refractivity contribution in [2.75, 3.05) is 25.0 Å². The summed E-state index contributed by atoms with van der Waals surface area (Å²) in [6, 6.07) is 6.19. The number of amides is 1. The standard InChI is InChI=1S/C16H22N2O.ClH/c1-3-9-18-10-5-8-16(11-18)14-12(2)6-4-7-13(14)17-15(16)19;/h4,6-7H,3,5,8-11H2,1-2H3,(H,17,19);1H. The third-order valence-corrected chi connectivity index (χ3v) is 4.55. The van der Waals surface area contributed by atoms with E-state index in [1.807, 2.05) is 12.1 Å². The Labute approximate surface area is 127 Å². The molecule has 0 saturated carbocycles. The predicted octanol–water partition coefficient (Wildman–Crippen LogP) is 3.11. The molecule has 20 heavy (non-hydrogen) atoms. The summed E-state index contributed by atoms with van der Waals surface area (Å²) >= 11 is 0. The Morgan fingerprint density at radius 1 is 1.40 bits per heavy atom. The molecule has 1 fully saturated rings. The van der Waals surface area contributed by atoms with Gasteiger partial charge in [-0.1, -0.05) is 19.1 Å². The molecule has 1 spiro atoms. The van der Waals surface area contributed by atoms with Crippen LogP contribution in [0.15, 0.2) is 18.2 Å². The van der Waals surface area contributed by atoms with E-state index in [0.29, 0.717) is 0 Å². The lowest BCUT2D eigenvalue weighted by molar-refractivity contribution is -0.122. The zero-order valence-corrected chi connectivity index (χ0v) is 13.1. The van der Waals surface area contributed by atoms with Crippen LogP contribution in [0, 0.1) is 6.92 Å². The van der Waals surface area contributed by atoms with E-state index in [2.05, 4.69) is 30.1 Å². The van der Waals surface area contributed by atoms with Crippen LogP contribution in [-0.4, -0.2) is 30.4 Å². The van der Waals surface area contributed by atoms with Crippen molar-refractivity contribution in [3.63, 3.8) is 0 Å². The van der Waals surface area contributed by atoms with Gasteiger partial charge in [0.1, 0.15) is 0 Å². The second-order valence-electron chi connectivity index (χ2n) is 5.91. The monoisotopic (exact) mass is 294 g/mol. The number of hydrogen-bond donors (Lipinski definition) is 1. The van der Waals surface area contributed by atoms with E-state index in [1.54, 1.807) is 0 Å². The maximum absolute atomic E-state index is 12.6. The molecule has 0 bridgehead atoms. The Hall–Kier alpha value is -1.06. The number of carbonyl (C=O) groups is 1. The first-order valence-corrected chi connectivity index (χ1v) is 7.31. The number of aryl methyl sites for hydroxylation is 1. The molecule has 3 nitrogen and oxygen atoms in total. The lowest BCUT2D eigenvalue weighted by atomic mass is 9.73. The molecule has 2 heterocycles. The molecule has 0 aromatic heterocycles. The lowest BCUT2D eigenvalue weighted by Gasteiger charge is -2.39. The van der Waals surface area contributed by atoms with Crippen molar-refractivity contribution in [2.45, 2.75) is 38.5 Å². The summed E-state index contributed by atoms with van der Waals surface area (Å²) in [5.41, 5.74) is 3.23. The van der Waals surface area contributed by atoms with Crippen molar-refractivity contribution in [1.82, 2.24) is 4.90 Å². The third kappa shape index (κ3) is 2.23. The lowest BCUT2D eigenvalue weighted by Crippen LogP contribution is -2.50. The molecule has 110 valence electrons. The molecule has 1 saturated heterocycles. The third-order valence-electron chi connectivity index (χ3n) is 4.55. The Bertz CT molecular complexity index is 515. The van der Waals surface area contributed by atoms with Crippen LogP contribution in [0.5, 0.6) is 0 Å². The van der Waals surface area contributed by atoms with Gasteiger partial charge in [0.15, 0.2) is 0 Å². The molecule has 0 radical (unpaired) electrons. The van der Waals surface area contributed by atoms with Crippen LogP contribution in [0.1, 0.15) is 37.3 Å². The summed E-state index contributed by atoms with van der Waals surface area (Å²) in [7, 11) is 0. The summed E-state index contributed by atoms with van der Waals surface area (Å²) in [6.45, 7) is 7.43. The van der Waals surface area contributed by atoms with Gasteiger partial charge in [0.05, 0.1) is 5.41 Å². The number of halogens is 1. The summed E-state index contributed by atoms with van der Waals surface area (Å²) < 4.78 is 0. The fourth-order valence-corrected chi connectivity index (χ4v) is 3.80. The largest absolute Gasteiger partial charge is 0.325 e. The molecular weight excluding hydrogens is 272 g/mol. The molecule has 1 aromatic carbocycles. The molecule has 1 N–H and O–H groups in total. The van der Waals surface area contributed by atoms with E-state index in [-0.39, 0.29) is 23.7 Å². The number of nitrogens with zero attached hydrogens (tertiary/aromatic N) is 1. The number of carbonyl (C=O) groups excluding carboxylic acids is 1. The second kappa shape index (κ2) is 5.74. The van der Waals surface area contributed by atoms with Crippen LogP contribution in [0.3, 0.4) is 0 Å². The number of hydrogen-bond acceptors (Lipinski definition) is 2. The Morgan fingerprint density at radius 3 is 2.95 bits per heavy atom. The summed E-state index contributed by atoms with van der Waals surface area (Å²) in [4.78, 5) is 15.0. The number of benzene rings is 1. The maximum Gasteiger partial charge on any atom is 0.236 e. The van der Waals surface area contributed by atoms with Gasteiger partial charge < -0.3 is 10.2 Å². The van der Waals surface area contributed by atoms with E-state index >= 15 is 0 Å². The summed E-state index contributed by atoms with van der Waals surface area (Å²) in [5.74, 6) is 0.206. The smallest absolute Gasteiger partial charge is 0.236 e. The van der Waals surface area contributed by atoms with Crippen LogP contribution in [0.25, 0.3) is 0 Å². The molecule has 1 unspecified atom stereocenters. The van der Waals surface area contributed by atoms with Gasteiger partial charge >= 0.3 is 0 Å². The molecular formula is C16H23ClN2O. The zero-order chi connectivity index (χ0) is 13.5. The van der Waals surface area contributed by atoms with E-state index < -0.39 is 0 Å². The molecule has 1 atom stereocenters. The molecule has 3 rings (SSSR count). The fraction of sp³-hybridized carbons (Fsp3) is 0.562. The number of nitrogens with one attached hydrogen (secondary N) is 1. The van der Waals surface area contributed by atoms with Gasteiger partial charge in [-0.05, 0) is 56.5 Å². The summed E-state index contributed by atoms with van der Waals surface area (Å²) in [6.07, 6.45) is 3.25. The predicted molar refractivity (Wildman–Crippen MR) is 84.7 cm³/mol. The van der Waals surface area contributed by atoms with E-state index in [0.717, 1.165) is 44.6 Å². The Kier molecular flexibility index (Phi) is 4.40. The molecule has 2 aliphatic heterocycles. The first-order valence-electron chi connectivity index (χ1n) is 7.31. The summed E-state index contributed by atoms with van der Waals surface area (Å²) in [5, 5.41) is 3.10. The van der Waals surface area contributed by atoms with Crippen molar-refractivity contribution < 1.29 is 4.79 Å². The maximum atomic E-state index is 12.6. The van der Waals surface area contributed by atoms with E-state index in [1.165, 1.54) is 11.1 Å². The molecule has 2 aliphatic rings. The van der Waals surface area contributed by atoms with Gasteiger partial charge in [0.25, 0.3) is 0 Å². The van der Waals surface area contributed by atoms with Crippen molar-refractivity contribution >= 4 is 24.0 Å². The minimum absolute atomic E-state index is 0. The van der Waals surface area contributed by atoms with Crippen LogP contribution < -0.4 is 5.32 Å². The van der Waals surface area contributed by atoms with Gasteiger partial charge in [-0.3, -0.25) is 4.79 Å². The highest BCUT2D eigenvalue weighted by molar-refractivity contribution is 6.07. The highest BCUT2D eigenvalue weighted by atomic mass is 35.5. The number of rotatable bonds is 2. The topological polar surface area (TPSA) is 32.3 Å². The number of likely N-dealkylation sites (tertiary alicyclic amines) is 1. The van der Waals surface area contributed by atoms with Crippen molar-refractivity contribution in [3.8, 4) is 0 Å². The Morgan fingerprint density at radius 2 is 2.20 bits per heavy atom. The van der Waals surface area contributed by atoms with Gasteiger partial charge in [0, 0.05) is 12.2 Å². The van der Waals surface area contributed by atoms with Crippen LogP contribution in [0.2, 0.25) is 0 Å². The number of piperidine rings is 1. The first kappa shape index (κ1) is 15.3. The molecule has 1 amide bonds. The van der Waals surface area contributed by atoms with Crippen LogP contribution in [0.4, 0.5) is 5.69 Å². The van der Waals surface area contributed by atoms with Gasteiger partial charge in [0.2, 0.25) is 5.91 Å². The molecule has 4 heteroatoms. The average Bonchev–Trinajstić information content (AvgIpc) is 2.64. The highest BCUT2D eigenvalue weighted by Crippen LogP contribution is 2.45. The van der Waals surface area contributed by atoms with Gasteiger partial charge in [-0.15, -0.1) is 12.4 Å². The number of fused-ring (bicyclic) bond motifs is 2. The van der Waals surface area contributed by atoms with Crippen molar-refractivity contribution in [1.29, 1.82) is 0 Å². The van der Waals surface area contributed by atoms with Crippen LogP contribution >= 0.6 is 12.4 Å². The first-order chi connectivity index (χ1) is 9.17. The normalized spacial score (nSPS) is 25.2. The quantitative estimate of drug-likeness (QED) is 0.909. The van der Waals surface area contributed by atoms with Crippen molar-refractivity contribution in [3.05, 3.63) is 29.3 Å². The Balaban J connectivity index is 0.00000147. The second-order valence-corrected chi connectivity index (χ2v) is 5.91. The van der Waals surface area contributed by atoms with Crippen LogP contribution in [-0.2, 0) is 10.2 Å². The van der Waals surface area contributed by atoms with Gasteiger partial charge in [-0.25, -0.2) is 0 Å². The number of anilines is 1. The molecule has 1 aromatic rings. The zero-order valence-electron chi connectivity index (χ0n) is 12.2. The minimum atomic E-state index is -0.298.